The number of carbonyl (C=O) groups is 2. The van der Waals surface area contributed by atoms with Crippen LogP contribution in [0.5, 0.6) is 0 Å². The van der Waals surface area contributed by atoms with E-state index in [1.54, 1.807) is 17.6 Å². The molecule has 0 saturated heterocycles. The van der Waals surface area contributed by atoms with Gasteiger partial charge in [0.2, 0.25) is 0 Å². The number of hydrogen-bond acceptors (Lipinski definition) is 3. The Balaban J connectivity index is 3.00. The van der Waals surface area contributed by atoms with E-state index in [0.29, 0.717) is 5.69 Å². The van der Waals surface area contributed by atoms with E-state index >= 15 is 0 Å². The van der Waals surface area contributed by atoms with E-state index in [0.717, 1.165) is 5.56 Å². The van der Waals surface area contributed by atoms with Crippen molar-refractivity contribution in [3.05, 3.63) is 29.8 Å². The van der Waals surface area contributed by atoms with Crippen LogP contribution in [0.4, 0.5) is 5.69 Å². The molecule has 0 aliphatic heterocycles. The van der Waals surface area contributed by atoms with Gasteiger partial charge in [-0.25, -0.2) is 5.84 Å². The van der Waals surface area contributed by atoms with Crippen LogP contribution in [0.3, 0.4) is 0 Å². The molecule has 2 amide bonds. The molecule has 0 saturated carbocycles. The van der Waals surface area contributed by atoms with Crippen LogP contribution < -0.4 is 16.6 Å². The topological polar surface area (TPSA) is 84.2 Å². The van der Waals surface area contributed by atoms with E-state index < -0.39 is 11.8 Å². The van der Waals surface area contributed by atoms with Gasteiger partial charge in [0.15, 0.2) is 0 Å². The van der Waals surface area contributed by atoms with Crippen LogP contribution >= 0.6 is 0 Å². The maximum Gasteiger partial charge on any atom is 0.323 e. The molecule has 0 aromatic heterocycles. The fraction of sp³-hybridized carbons (Fsp3) is 0.333. The molecule has 1 rings (SSSR count). The number of amides is 2. The smallest absolute Gasteiger partial charge is 0.317 e. The van der Waals surface area contributed by atoms with Crippen molar-refractivity contribution in [1.29, 1.82) is 0 Å². The number of para-hydroxylation sites is 1. The Morgan fingerprint density at radius 2 is 1.71 bits per heavy atom. The van der Waals surface area contributed by atoms with Crippen molar-refractivity contribution in [2.24, 2.45) is 5.84 Å². The van der Waals surface area contributed by atoms with Crippen LogP contribution in [-0.2, 0) is 15.0 Å². The highest BCUT2D eigenvalue weighted by molar-refractivity contribution is 6.39. The summed E-state index contributed by atoms with van der Waals surface area (Å²) >= 11 is 0. The summed E-state index contributed by atoms with van der Waals surface area (Å²) in [5.41, 5.74) is 3.25. The van der Waals surface area contributed by atoms with Crippen molar-refractivity contribution in [2.75, 3.05) is 5.32 Å². The van der Waals surface area contributed by atoms with Crippen LogP contribution in [0.2, 0.25) is 0 Å². The van der Waals surface area contributed by atoms with Crippen molar-refractivity contribution >= 4 is 17.5 Å². The SMILES string of the molecule is CC(C)(C)c1ccccc1NC(=O)C(=O)NN. The Morgan fingerprint density at radius 1 is 1.12 bits per heavy atom. The Morgan fingerprint density at radius 3 is 2.24 bits per heavy atom. The third kappa shape index (κ3) is 3.29. The largest absolute Gasteiger partial charge is 0.323 e. The van der Waals surface area contributed by atoms with E-state index in [1.165, 1.54) is 0 Å². The molecule has 0 radical (unpaired) electrons. The molecule has 0 aliphatic rings. The summed E-state index contributed by atoms with van der Waals surface area (Å²) < 4.78 is 0. The van der Waals surface area contributed by atoms with Gasteiger partial charge < -0.3 is 5.32 Å². The molecule has 92 valence electrons. The molecule has 0 heterocycles. The zero-order chi connectivity index (χ0) is 13.1. The molecule has 0 aliphatic carbocycles. The number of rotatable bonds is 1. The normalized spacial score (nSPS) is 10.8. The molecule has 0 atom stereocenters. The molecular weight excluding hydrogens is 218 g/mol. The summed E-state index contributed by atoms with van der Waals surface area (Å²) in [6.07, 6.45) is 0. The third-order valence-corrected chi connectivity index (χ3v) is 2.32. The van der Waals surface area contributed by atoms with Crippen molar-refractivity contribution in [1.82, 2.24) is 5.43 Å². The summed E-state index contributed by atoms with van der Waals surface area (Å²) in [4.78, 5) is 22.4. The summed E-state index contributed by atoms with van der Waals surface area (Å²) in [6.45, 7) is 6.09. The average Bonchev–Trinajstić information content (AvgIpc) is 2.27. The highest BCUT2D eigenvalue weighted by Gasteiger charge is 2.20. The minimum Gasteiger partial charge on any atom is -0.317 e. The third-order valence-electron chi connectivity index (χ3n) is 2.32. The van der Waals surface area contributed by atoms with E-state index in [9.17, 15) is 9.59 Å². The van der Waals surface area contributed by atoms with E-state index in [4.69, 9.17) is 5.84 Å². The summed E-state index contributed by atoms with van der Waals surface area (Å²) in [5.74, 6) is 3.25. The molecule has 1 aromatic rings. The molecular formula is C12H17N3O2. The van der Waals surface area contributed by atoms with Gasteiger partial charge in [-0.3, -0.25) is 15.0 Å². The van der Waals surface area contributed by atoms with Gasteiger partial charge in [0.1, 0.15) is 0 Å². The van der Waals surface area contributed by atoms with Gasteiger partial charge in [0, 0.05) is 5.69 Å². The van der Waals surface area contributed by atoms with E-state index in [-0.39, 0.29) is 5.41 Å². The molecule has 1 aromatic carbocycles. The Labute approximate surface area is 100 Å². The lowest BCUT2D eigenvalue weighted by atomic mass is 9.86. The highest BCUT2D eigenvalue weighted by Crippen LogP contribution is 2.29. The number of anilines is 1. The Hall–Kier alpha value is -1.88. The van der Waals surface area contributed by atoms with Gasteiger partial charge in [-0.1, -0.05) is 39.0 Å². The minimum absolute atomic E-state index is 0.122. The summed E-state index contributed by atoms with van der Waals surface area (Å²) in [5, 5.41) is 2.54. The van der Waals surface area contributed by atoms with E-state index in [2.05, 4.69) is 5.32 Å². The number of nitrogens with one attached hydrogen (secondary N) is 2. The second-order valence-corrected chi connectivity index (χ2v) is 4.72. The van der Waals surface area contributed by atoms with Gasteiger partial charge in [0.05, 0.1) is 0 Å². The van der Waals surface area contributed by atoms with Crippen LogP contribution in [0.1, 0.15) is 26.3 Å². The minimum atomic E-state index is -0.867. The molecule has 0 spiro atoms. The van der Waals surface area contributed by atoms with Crippen molar-refractivity contribution < 1.29 is 9.59 Å². The first-order valence-electron chi connectivity index (χ1n) is 5.27. The lowest BCUT2D eigenvalue weighted by Gasteiger charge is -2.22. The molecule has 0 fully saturated rings. The van der Waals surface area contributed by atoms with Gasteiger partial charge in [-0.2, -0.15) is 0 Å². The van der Waals surface area contributed by atoms with Gasteiger partial charge in [-0.15, -0.1) is 0 Å². The quantitative estimate of drug-likeness (QED) is 0.293. The fourth-order valence-corrected chi connectivity index (χ4v) is 1.49. The molecule has 5 heteroatoms. The van der Waals surface area contributed by atoms with Crippen LogP contribution in [0, 0.1) is 0 Å². The van der Waals surface area contributed by atoms with Crippen molar-refractivity contribution in [2.45, 2.75) is 26.2 Å². The number of carbonyl (C=O) groups excluding carboxylic acids is 2. The van der Waals surface area contributed by atoms with Crippen LogP contribution in [-0.4, -0.2) is 11.8 Å². The monoisotopic (exact) mass is 235 g/mol. The highest BCUT2D eigenvalue weighted by atomic mass is 16.2. The standard InChI is InChI=1S/C12H17N3O2/c1-12(2,3)8-6-4-5-7-9(8)14-10(16)11(17)15-13/h4-7H,13H2,1-3H3,(H,14,16)(H,15,17). The van der Waals surface area contributed by atoms with Crippen LogP contribution in [0.25, 0.3) is 0 Å². The average molecular weight is 235 g/mol. The maximum atomic E-state index is 11.4. The second kappa shape index (κ2) is 4.97. The first-order valence-corrected chi connectivity index (χ1v) is 5.27. The zero-order valence-corrected chi connectivity index (χ0v) is 10.2. The van der Waals surface area contributed by atoms with Gasteiger partial charge in [0.25, 0.3) is 0 Å². The van der Waals surface area contributed by atoms with E-state index in [1.807, 2.05) is 32.9 Å². The lowest BCUT2D eigenvalue weighted by Crippen LogP contribution is -2.39. The predicted octanol–water partition coefficient (Wildman–Crippen LogP) is 0.912. The predicted molar refractivity (Wildman–Crippen MR) is 66.1 cm³/mol. The molecule has 17 heavy (non-hydrogen) atoms. The Bertz CT molecular complexity index is 436. The number of nitrogens with two attached hydrogens (primary N) is 1. The van der Waals surface area contributed by atoms with Gasteiger partial charge >= 0.3 is 11.8 Å². The number of hydrazine groups is 1. The maximum absolute atomic E-state index is 11.4. The summed E-state index contributed by atoms with van der Waals surface area (Å²) in [6, 6.07) is 7.35. The molecule has 0 bridgehead atoms. The number of hydrogen-bond donors (Lipinski definition) is 3. The second-order valence-electron chi connectivity index (χ2n) is 4.72. The van der Waals surface area contributed by atoms with Crippen molar-refractivity contribution in [3.8, 4) is 0 Å². The lowest BCUT2D eigenvalue weighted by molar-refractivity contribution is -0.136. The van der Waals surface area contributed by atoms with Crippen molar-refractivity contribution in [3.63, 3.8) is 0 Å². The number of benzene rings is 1. The first-order chi connectivity index (χ1) is 7.86. The first kappa shape index (κ1) is 13.2. The van der Waals surface area contributed by atoms with Crippen LogP contribution in [0.15, 0.2) is 24.3 Å². The van der Waals surface area contributed by atoms with Gasteiger partial charge in [-0.05, 0) is 17.0 Å². The molecule has 5 nitrogen and oxygen atoms in total. The molecule has 0 unspecified atom stereocenters. The Kier molecular flexibility index (Phi) is 3.85. The molecule has 4 N–H and O–H groups in total. The fourth-order valence-electron chi connectivity index (χ4n) is 1.49. The summed E-state index contributed by atoms with van der Waals surface area (Å²) in [7, 11) is 0. The zero-order valence-electron chi connectivity index (χ0n) is 10.2.